The van der Waals surface area contributed by atoms with Gasteiger partial charge >= 0.3 is 0 Å². The fourth-order valence-corrected chi connectivity index (χ4v) is 2.37. The minimum Gasteiger partial charge on any atom is -0.272 e. The summed E-state index contributed by atoms with van der Waals surface area (Å²) >= 11 is 0. The number of hydrazine groups is 1. The molecular weight excluding hydrogens is 240 g/mol. The van der Waals surface area contributed by atoms with Gasteiger partial charge in [0.05, 0.1) is 17.5 Å². The van der Waals surface area contributed by atoms with Crippen LogP contribution in [-0.2, 0) is 16.4 Å². The van der Waals surface area contributed by atoms with E-state index in [0.717, 1.165) is 18.5 Å². The van der Waals surface area contributed by atoms with Crippen LogP contribution in [0.25, 0.3) is 0 Å². The van der Waals surface area contributed by atoms with Gasteiger partial charge in [0.15, 0.2) is 9.84 Å². The van der Waals surface area contributed by atoms with Crippen LogP contribution < -0.4 is 11.3 Å². The number of nitrogens with zero attached hydrogens (tertiary/aromatic N) is 2. The number of nitrogens with one attached hydrogen (secondary N) is 1. The normalized spacial score (nSPS) is 15.8. The van der Waals surface area contributed by atoms with E-state index in [2.05, 4.69) is 17.4 Å². The summed E-state index contributed by atoms with van der Waals surface area (Å²) in [6, 6.07) is -0.435. The third-order valence-corrected chi connectivity index (χ3v) is 4.41. The highest BCUT2D eigenvalue weighted by atomic mass is 32.2. The first-order chi connectivity index (χ1) is 7.90. The molecule has 0 fully saturated rings. The van der Waals surface area contributed by atoms with Crippen molar-refractivity contribution in [1.82, 2.24) is 15.2 Å². The van der Waals surface area contributed by atoms with Gasteiger partial charge in [-0.2, -0.15) is 5.10 Å². The zero-order valence-corrected chi connectivity index (χ0v) is 11.2. The van der Waals surface area contributed by atoms with Crippen LogP contribution in [0.15, 0.2) is 12.4 Å². The van der Waals surface area contributed by atoms with Gasteiger partial charge in [0.2, 0.25) is 0 Å². The summed E-state index contributed by atoms with van der Waals surface area (Å²) in [5, 5.41) is 3.57. The molecule has 0 radical (unpaired) electrons. The van der Waals surface area contributed by atoms with Crippen molar-refractivity contribution in [3.63, 3.8) is 0 Å². The number of sulfone groups is 1. The average molecular weight is 260 g/mol. The van der Waals surface area contributed by atoms with Crippen molar-refractivity contribution < 1.29 is 8.42 Å². The third-order valence-electron chi connectivity index (χ3n) is 2.79. The first kappa shape index (κ1) is 14.1. The second kappa shape index (κ2) is 5.61. The van der Waals surface area contributed by atoms with Crippen molar-refractivity contribution in [2.45, 2.75) is 38.1 Å². The Morgan fingerprint density at radius 2 is 2.24 bits per heavy atom. The van der Waals surface area contributed by atoms with E-state index < -0.39 is 21.1 Å². The Morgan fingerprint density at radius 3 is 2.71 bits per heavy atom. The molecule has 2 atom stereocenters. The van der Waals surface area contributed by atoms with E-state index in [1.165, 1.54) is 6.26 Å². The van der Waals surface area contributed by atoms with Gasteiger partial charge in [0.25, 0.3) is 0 Å². The fraction of sp³-hybridized carbons (Fsp3) is 0.700. The molecule has 0 saturated carbocycles. The van der Waals surface area contributed by atoms with Crippen LogP contribution in [0.1, 0.15) is 31.9 Å². The SMILES string of the molecule is CCCn1cc(C(NN)C(C)S(C)(=O)=O)cn1. The molecular formula is C10H20N4O2S. The van der Waals surface area contributed by atoms with Crippen LogP contribution >= 0.6 is 0 Å². The van der Waals surface area contributed by atoms with Crippen molar-refractivity contribution in [2.24, 2.45) is 5.84 Å². The summed E-state index contributed by atoms with van der Waals surface area (Å²) in [5.74, 6) is 5.43. The lowest BCUT2D eigenvalue weighted by Crippen LogP contribution is -2.38. The molecule has 0 aromatic carbocycles. The zero-order chi connectivity index (χ0) is 13.1. The minimum absolute atomic E-state index is 0.435. The Labute approximate surface area is 102 Å². The van der Waals surface area contributed by atoms with Gasteiger partial charge in [-0.3, -0.25) is 16.0 Å². The molecule has 2 unspecified atom stereocenters. The molecule has 0 aliphatic carbocycles. The van der Waals surface area contributed by atoms with Crippen molar-refractivity contribution in [2.75, 3.05) is 6.26 Å². The number of hydrogen-bond donors (Lipinski definition) is 2. The predicted octanol–water partition coefficient (Wildman–Crippen LogP) is 0.231. The van der Waals surface area contributed by atoms with Gasteiger partial charge in [-0.15, -0.1) is 0 Å². The van der Waals surface area contributed by atoms with Crippen LogP contribution in [0.4, 0.5) is 0 Å². The van der Waals surface area contributed by atoms with Gasteiger partial charge in [-0.05, 0) is 13.3 Å². The van der Waals surface area contributed by atoms with E-state index in [1.54, 1.807) is 17.8 Å². The van der Waals surface area contributed by atoms with E-state index in [4.69, 9.17) is 5.84 Å². The predicted molar refractivity (Wildman–Crippen MR) is 66.9 cm³/mol. The van der Waals surface area contributed by atoms with Crippen molar-refractivity contribution in [3.05, 3.63) is 18.0 Å². The van der Waals surface area contributed by atoms with E-state index in [1.807, 2.05) is 6.20 Å². The summed E-state index contributed by atoms with van der Waals surface area (Å²) in [7, 11) is -3.14. The van der Waals surface area contributed by atoms with Gasteiger partial charge in [0, 0.05) is 24.6 Å². The van der Waals surface area contributed by atoms with Gasteiger partial charge < -0.3 is 0 Å². The maximum absolute atomic E-state index is 11.5. The summed E-state index contributed by atoms with van der Waals surface area (Å²) in [6.45, 7) is 4.50. The highest BCUT2D eigenvalue weighted by Gasteiger charge is 2.27. The summed E-state index contributed by atoms with van der Waals surface area (Å²) < 4.78 is 24.8. The molecule has 1 heterocycles. The summed E-state index contributed by atoms with van der Waals surface area (Å²) in [6.07, 6.45) is 5.67. The molecule has 1 rings (SSSR count). The van der Waals surface area contributed by atoms with E-state index >= 15 is 0 Å². The molecule has 98 valence electrons. The number of aromatic nitrogens is 2. The van der Waals surface area contributed by atoms with Crippen LogP contribution in [0, 0.1) is 0 Å². The second-order valence-corrected chi connectivity index (χ2v) is 6.62. The first-order valence-electron chi connectivity index (χ1n) is 5.57. The molecule has 17 heavy (non-hydrogen) atoms. The molecule has 6 nitrogen and oxygen atoms in total. The number of aryl methyl sites for hydroxylation is 1. The standard InChI is InChI=1S/C10H20N4O2S/c1-4-5-14-7-9(6-12-14)10(13-11)8(2)17(3,15)16/h6-8,10,13H,4-5,11H2,1-3H3. The number of nitrogens with two attached hydrogens (primary N) is 1. The first-order valence-corrected chi connectivity index (χ1v) is 7.53. The highest BCUT2D eigenvalue weighted by molar-refractivity contribution is 7.91. The molecule has 1 aromatic rings. The molecule has 0 aliphatic heterocycles. The zero-order valence-electron chi connectivity index (χ0n) is 10.4. The lowest BCUT2D eigenvalue weighted by molar-refractivity contribution is 0.512. The third kappa shape index (κ3) is 3.52. The highest BCUT2D eigenvalue weighted by Crippen LogP contribution is 2.20. The van der Waals surface area contributed by atoms with Crippen LogP contribution in [0.2, 0.25) is 0 Å². The van der Waals surface area contributed by atoms with Crippen molar-refractivity contribution in [1.29, 1.82) is 0 Å². The average Bonchev–Trinajstić information content (AvgIpc) is 2.67. The van der Waals surface area contributed by atoms with Gasteiger partial charge in [-0.1, -0.05) is 6.92 Å². The fourth-order valence-electron chi connectivity index (χ4n) is 1.64. The largest absolute Gasteiger partial charge is 0.272 e. The Kier molecular flexibility index (Phi) is 4.67. The number of rotatable bonds is 6. The lowest BCUT2D eigenvalue weighted by Gasteiger charge is -2.20. The minimum atomic E-state index is -3.14. The molecule has 0 bridgehead atoms. The van der Waals surface area contributed by atoms with Crippen molar-refractivity contribution >= 4 is 9.84 Å². The summed E-state index contributed by atoms with van der Waals surface area (Å²) in [5.41, 5.74) is 3.34. The molecule has 0 spiro atoms. The van der Waals surface area contributed by atoms with Crippen LogP contribution in [0.5, 0.6) is 0 Å². The Bertz CT molecular complexity index is 455. The lowest BCUT2D eigenvalue weighted by atomic mass is 10.1. The van der Waals surface area contributed by atoms with E-state index in [9.17, 15) is 8.42 Å². The van der Waals surface area contributed by atoms with E-state index in [0.29, 0.717) is 0 Å². The molecule has 0 aliphatic rings. The molecule has 0 amide bonds. The van der Waals surface area contributed by atoms with Crippen LogP contribution in [0.3, 0.4) is 0 Å². The topological polar surface area (TPSA) is 90.0 Å². The van der Waals surface area contributed by atoms with Gasteiger partial charge in [0.1, 0.15) is 0 Å². The van der Waals surface area contributed by atoms with Gasteiger partial charge in [-0.25, -0.2) is 8.42 Å². The molecule has 1 aromatic heterocycles. The van der Waals surface area contributed by atoms with Crippen LogP contribution in [-0.4, -0.2) is 29.7 Å². The quantitative estimate of drug-likeness (QED) is 0.564. The Hall–Kier alpha value is -0.920. The summed E-state index contributed by atoms with van der Waals surface area (Å²) in [4.78, 5) is 0. The number of hydrogen-bond acceptors (Lipinski definition) is 5. The smallest absolute Gasteiger partial charge is 0.151 e. The Morgan fingerprint density at radius 1 is 1.59 bits per heavy atom. The molecule has 3 N–H and O–H groups in total. The van der Waals surface area contributed by atoms with E-state index in [-0.39, 0.29) is 0 Å². The monoisotopic (exact) mass is 260 g/mol. The molecule has 7 heteroatoms. The Balaban J connectivity index is 2.93. The van der Waals surface area contributed by atoms with Crippen molar-refractivity contribution in [3.8, 4) is 0 Å². The second-order valence-electron chi connectivity index (χ2n) is 4.22. The molecule has 0 saturated heterocycles. The maximum atomic E-state index is 11.5. The maximum Gasteiger partial charge on any atom is 0.151 e.